The third-order valence-electron chi connectivity index (χ3n) is 4.39. The number of aryl methyl sites for hydroxylation is 1. The molecule has 0 bridgehead atoms. The zero-order chi connectivity index (χ0) is 16.4. The minimum Gasteiger partial charge on any atom is -0.372 e. The fourth-order valence-electron chi connectivity index (χ4n) is 3.10. The third kappa shape index (κ3) is 3.42. The minimum absolute atomic E-state index is 0.257. The topological polar surface area (TPSA) is 38.2 Å². The predicted molar refractivity (Wildman–Crippen MR) is 98.6 cm³/mol. The van der Waals surface area contributed by atoms with Crippen LogP contribution in [0.2, 0.25) is 0 Å². The molecule has 0 N–H and O–H groups in total. The molecule has 4 nitrogen and oxygen atoms in total. The van der Waals surface area contributed by atoms with Crippen molar-refractivity contribution >= 4 is 26.7 Å². The van der Waals surface area contributed by atoms with E-state index in [4.69, 9.17) is 9.72 Å². The lowest BCUT2D eigenvalue weighted by Crippen LogP contribution is -2.39. The summed E-state index contributed by atoms with van der Waals surface area (Å²) < 4.78 is 7.38. The molecule has 1 saturated heterocycles. The summed E-state index contributed by atoms with van der Waals surface area (Å²) in [7, 11) is 0. The van der Waals surface area contributed by atoms with Crippen LogP contribution in [0.1, 0.15) is 24.0 Å². The zero-order valence-electron chi connectivity index (χ0n) is 13.8. The van der Waals surface area contributed by atoms with Crippen LogP contribution in [0, 0.1) is 6.92 Å². The number of hydrogen-bond donors (Lipinski definition) is 0. The van der Waals surface area contributed by atoms with Crippen molar-refractivity contribution in [3.63, 3.8) is 0 Å². The van der Waals surface area contributed by atoms with Crippen molar-refractivity contribution < 1.29 is 4.74 Å². The Hall–Kier alpha value is -1.98. The number of pyridine rings is 1. The van der Waals surface area contributed by atoms with Crippen LogP contribution in [-0.4, -0.2) is 29.2 Å². The summed E-state index contributed by atoms with van der Waals surface area (Å²) in [4.78, 5) is 11.3. The molecule has 1 fully saturated rings. The van der Waals surface area contributed by atoms with Crippen LogP contribution in [0.3, 0.4) is 0 Å². The molecule has 1 aliphatic heterocycles. The molecule has 24 heavy (non-hydrogen) atoms. The number of ether oxygens (including phenoxy) is 1. The molecule has 124 valence electrons. The second kappa shape index (κ2) is 6.87. The van der Waals surface area contributed by atoms with Crippen LogP contribution in [0.5, 0.6) is 0 Å². The Morgan fingerprint density at radius 1 is 1.33 bits per heavy atom. The normalized spacial score (nSPS) is 18.2. The molecule has 0 saturated carbocycles. The van der Waals surface area contributed by atoms with E-state index in [0.717, 1.165) is 42.1 Å². The molecule has 1 atom stereocenters. The smallest absolute Gasteiger partial charge is 0.186 e. The molecule has 0 aliphatic carbocycles. The van der Waals surface area contributed by atoms with E-state index in [1.54, 1.807) is 17.5 Å². The van der Waals surface area contributed by atoms with Crippen LogP contribution in [0.25, 0.3) is 10.2 Å². The first-order valence-electron chi connectivity index (χ1n) is 8.40. The lowest BCUT2D eigenvalue weighted by atomic mass is 10.1. The molecular formula is C19H21N3OS. The van der Waals surface area contributed by atoms with Gasteiger partial charge in [-0.1, -0.05) is 23.5 Å². The molecule has 1 aromatic carbocycles. The summed E-state index contributed by atoms with van der Waals surface area (Å²) in [6, 6.07) is 10.5. The summed E-state index contributed by atoms with van der Waals surface area (Å²) >= 11 is 1.78. The largest absolute Gasteiger partial charge is 0.372 e. The fourth-order valence-corrected chi connectivity index (χ4v) is 4.20. The van der Waals surface area contributed by atoms with Gasteiger partial charge in [0.2, 0.25) is 0 Å². The molecular weight excluding hydrogens is 318 g/mol. The number of anilines is 1. The third-order valence-corrected chi connectivity index (χ3v) is 5.47. The minimum atomic E-state index is 0.257. The second-order valence-electron chi connectivity index (χ2n) is 6.35. The number of fused-ring (bicyclic) bond motifs is 1. The van der Waals surface area contributed by atoms with E-state index in [0.29, 0.717) is 6.61 Å². The van der Waals surface area contributed by atoms with E-state index < -0.39 is 0 Å². The van der Waals surface area contributed by atoms with Gasteiger partial charge in [0.05, 0.1) is 22.9 Å². The molecule has 3 aromatic rings. The van der Waals surface area contributed by atoms with Crippen LogP contribution in [0.15, 0.2) is 42.7 Å². The van der Waals surface area contributed by atoms with E-state index in [9.17, 15) is 0 Å². The standard InChI is InChI=1S/C19H21N3OS/c1-14-6-7-17-18(10-14)24-19(21-17)22-9-3-5-16(12-22)23-13-15-4-2-8-20-11-15/h2,4,6-8,10-11,16H,3,5,9,12-13H2,1H3/t16-/m0/s1. The van der Waals surface area contributed by atoms with Gasteiger partial charge in [0.15, 0.2) is 5.13 Å². The number of nitrogens with zero attached hydrogens (tertiary/aromatic N) is 3. The lowest BCUT2D eigenvalue weighted by Gasteiger charge is -2.32. The van der Waals surface area contributed by atoms with Crippen molar-refractivity contribution in [2.24, 2.45) is 0 Å². The average Bonchev–Trinajstić information content (AvgIpc) is 3.04. The number of thiazole rings is 1. The van der Waals surface area contributed by atoms with Gasteiger partial charge in [0, 0.05) is 25.5 Å². The average molecular weight is 339 g/mol. The van der Waals surface area contributed by atoms with Crippen LogP contribution >= 0.6 is 11.3 Å². The van der Waals surface area contributed by atoms with Crippen LogP contribution in [-0.2, 0) is 11.3 Å². The van der Waals surface area contributed by atoms with Crippen molar-refractivity contribution in [3.05, 3.63) is 53.9 Å². The SMILES string of the molecule is Cc1ccc2nc(N3CCC[C@H](OCc4cccnc4)C3)sc2c1. The molecule has 0 amide bonds. The Morgan fingerprint density at radius 3 is 3.17 bits per heavy atom. The van der Waals surface area contributed by atoms with Crippen molar-refractivity contribution in [3.8, 4) is 0 Å². The van der Waals surface area contributed by atoms with Gasteiger partial charge in [-0.3, -0.25) is 4.98 Å². The first kappa shape index (κ1) is 15.5. The highest BCUT2D eigenvalue weighted by Crippen LogP contribution is 2.31. The molecule has 3 heterocycles. The highest BCUT2D eigenvalue weighted by molar-refractivity contribution is 7.22. The van der Waals surface area contributed by atoms with Gasteiger partial charge in [-0.2, -0.15) is 0 Å². The van der Waals surface area contributed by atoms with E-state index in [1.807, 2.05) is 12.3 Å². The van der Waals surface area contributed by atoms with E-state index >= 15 is 0 Å². The summed E-state index contributed by atoms with van der Waals surface area (Å²) in [6.07, 6.45) is 6.18. The van der Waals surface area contributed by atoms with Gasteiger partial charge in [-0.15, -0.1) is 0 Å². The van der Waals surface area contributed by atoms with Gasteiger partial charge >= 0.3 is 0 Å². The van der Waals surface area contributed by atoms with E-state index in [-0.39, 0.29) is 6.10 Å². The Labute approximate surface area is 146 Å². The molecule has 5 heteroatoms. The predicted octanol–water partition coefficient (Wildman–Crippen LogP) is 4.19. The van der Waals surface area contributed by atoms with Crippen molar-refractivity contribution in [1.29, 1.82) is 0 Å². The van der Waals surface area contributed by atoms with E-state index in [1.165, 1.54) is 10.3 Å². The first-order chi connectivity index (χ1) is 11.8. The van der Waals surface area contributed by atoms with Gasteiger partial charge in [0.25, 0.3) is 0 Å². The first-order valence-corrected chi connectivity index (χ1v) is 9.22. The number of aromatic nitrogens is 2. The van der Waals surface area contributed by atoms with E-state index in [2.05, 4.69) is 41.1 Å². The Bertz CT molecular complexity index is 818. The van der Waals surface area contributed by atoms with Crippen molar-refractivity contribution in [1.82, 2.24) is 9.97 Å². The quantitative estimate of drug-likeness (QED) is 0.714. The fraction of sp³-hybridized carbons (Fsp3) is 0.368. The molecule has 0 unspecified atom stereocenters. The second-order valence-corrected chi connectivity index (χ2v) is 7.36. The summed E-state index contributed by atoms with van der Waals surface area (Å²) in [5, 5.41) is 1.12. The van der Waals surface area contributed by atoms with Gasteiger partial charge in [0.1, 0.15) is 0 Å². The maximum atomic E-state index is 6.11. The maximum Gasteiger partial charge on any atom is 0.186 e. The Kier molecular flexibility index (Phi) is 4.45. The van der Waals surface area contributed by atoms with Gasteiger partial charge in [-0.05, 0) is 49.1 Å². The number of hydrogen-bond acceptors (Lipinski definition) is 5. The van der Waals surface area contributed by atoms with Gasteiger partial charge < -0.3 is 9.64 Å². The molecule has 0 spiro atoms. The maximum absolute atomic E-state index is 6.11. The molecule has 4 rings (SSSR count). The summed E-state index contributed by atoms with van der Waals surface area (Å²) in [5.41, 5.74) is 3.51. The number of piperidine rings is 1. The molecule has 2 aromatic heterocycles. The Morgan fingerprint density at radius 2 is 2.29 bits per heavy atom. The zero-order valence-corrected chi connectivity index (χ0v) is 14.6. The number of benzene rings is 1. The summed E-state index contributed by atoms with van der Waals surface area (Å²) in [6.45, 7) is 4.73. The van der Waals surface area contributed by atoms with Gasteiger partial charge in [-0.25, -0.2) is 4.98 Å². The Balaban J connectivity index is 1.43. The van der Waals surface area contributed by atoms with Crippen molar-refractivity contribution in [2.45, 2.75) is 32.5 Å². The van der Waals surface area contributed by atoms with Crippen LogP contribution in [0.4, 0.5) is 5.13 Å². The number of rotatable bonds is 4. The summed E-state index contributed by atoms with van der Waals surface area (Å²) in [5.74, 6) is 0. The highest BCUT2D eigenvalue weighted by Gasteiger charge is 2.23. The molecule has 0 radical (unpaired) electrons. The lowest BCUT2D eigenvalue weighted by molar-refractivity contribution is 0.0314. The van der Waals surface area contributed by atoms with Crippen molar-refractivity contribution in [2.75, 3.05) is 18.0 Å². The van der Waals surface area contributed by atoms with Crippen LogP contribution < -0.4 is 4.90 Å². The molecule has 1 aliphatic rings. The monoisotopic (exact) mass is 339 g/mol. The highest BCUT2D eigenvalue weighted by atomic mass is 32.1.